The summed E-state index contributed by atoms with van der Waals surface area (Å²) < 4.78 is 16.9. The molecule has 0 spiro atoms. The van der Waals surface area contributed by atoms with Crippen LogP contribution in [-0.4, -0.2) is 41.1 Å². The van der Waals surface area contributed by atoms with Gasteiger partial charge in [0.15, 0.2) is 11.5 Å². The van der Waals surface area contributed by atoms with E-state index in [-0.39, 0.29) is 47.6 Å². The first-order chi connectivity index (χ1) is 18.2. The average molecular weight is 550 g/mol. The maximum atomic E-state index is 12.8. The summed E-state index contributed by atoms with van der Waals surface area (Å²) in [4.78, 5) is 49.8. The SMILES string of the molecule is CCCC(C)C(=O)Oc1ccc(C(CC(C)OC(=O)C(C)C(C)C)[C@H](N)C(=O)O)cc1OC(=O)C(C)CCC. The summed E-state index contributed by atoms with van der Waals surface area (Å²) in [5, 5.41) is 9.71. The zero-order valence-corrected chi connectivity index (χ0v) is 24.7. The van der Waals surface area contributed by atoms with Crippen molar-refractivity contribution >= 4 is 23.9 Å². The molecule has 220 valence electrons. The Hall–Kier alpha value is -2.94. The number of hydrogen-bond donors (Lipinski definition) is 2. The Morgan fingerprint density at radius 3 is 1.79 bits per heavy atom. The summed E-state index contributed by atoms with van der Waals surface area (Å²) >= 11 is 0. The van der Waals surface area contributed by atoms with Crippen LogP contribution in [0.5, 0.6) is 11.5 Å². The molecule has 0 aromatic heterocycles. The number of carboxylic acid groups (broad SMARTS) is 1. The zero-order valence-electron chi connectivity index (χ0n) is 24.7. The Kier molecular flexibility index (Phi) is 14.2. The highest BCUT2D eigenvalue weighted by molar-refractivity contribution is 5.79. The fraction of sp³-hybridized carbons (Fsp3) is 0.667. The van der Waals surface area contributed by atoms with Crippen LogP contribution in [0, 0.1) is 23.7 Å². The van der Waals surface area contributed by atoms with Crippen LogP contribution in [0.25, 0.3) is 0 Å². The molecule has 0 saturated carbocycles. The van der Waals surface area contributed by atoms with Crippen LogP contribution >= 0.6 is 0 Å². The van der Waals surface area contributed by atoms with Crippen molar-refractivity contribution in [1.82, 2.24) is 0 Å². The predicted molar refractivity (Wildman–Crippen MR) is 148 cm³/mol. The molecule has 1 rings (SSSR count). The summed E-state index contributed by atoms with van der Waals surface area (Å²) in [6.07, 6.45) is 2.34. The second kappa shape index (κ2) is 16.2. The molecule has 0 fully saturated rings. The van der Waals surface area contributed by atoms with Crippen LogP contribution in [0.3, 0.4) is 0 Å². The van der Waals surface area contributed by atoms with E-state index in [0.717, 1.165) is 12.8 Å². The van der Waals surface area contributed by atoms with Crippen LogP contribution in [-0.2, 0) is 23.9 Å². The molecule has 0 radical (unpaired) electrons. The number of hydrogen-bond acceptors (Lipinski definition) is 8. The third kappa shape index (κ3) is 10.6. The number of aliphatic carboxylic acids is 1. The van der Waals surface area contributed by atoms with Gasteiger partial charge in [-0.2, -0.15) is 0 Å². The Balaban J connectivity index is 3.41. The highest BCUT2D eigenvalue weighted by Gasteiger charge is 2.31. The van der Waals surface area contributed by atoms with E-state index < -0.39 is 36.0 Å². The fourth-order valence-corrected chi connectivity index (χ4v) is 4.08. The molecule has 0 saturated heterocycles. The largest absolute Gasteiger partial charge is 0.480 e. The van der Waals surface area contributed by atoms with E-state index >= 15 is 0 Å². The molecule has 6 atom stereocenters. The minimum Gasteiger partial charge on any atom is -0.480 e. The van der Waals surface area contributed by atoms with E-state index in [2.05, 4.69) is 0 Å². The summed E-state index contributed by atoms with van der Waals surface area (Å²) in [7, 11) is 0. The van der Waals surface area contributed by atoms with E-state index in [0.29, 0.717) is 18.4 Å². The van der Waals surface area contributed by atoms with E-state index in [9.17, 15) is 24.3 Å². The van der Waals surface area contributed by atoms with Crippen molar-refractivity contribution in [2.24, 2.45) is 29.4 Å². The van der Waals surface area contributed by atoms with Gasteiger partial charge in [-0.05, 0) is 49.8 Å². The molecule has 0 amide bonds. The quantitative estimate of drug-likeness (QED) is 0.202. The van der Waals surface area contributed by atoms with Gasteiger partial charge in [-0.15, -0.1) is 0 Å². The molecule has 0 bridgehead atoms. The third-order valence-corrected chi connectivity index (χ3v) is 7.06. The van der Waals surface area contributed by atoms with Crippen LogP contribution in [0.1, 0.15) is 99.0 Å². The third-order valence-electron chi connectivity index (χ3n) is 7.06. The standard InChI is InChI=1S/C30H47NO8/c1-9-11-18(5)28(34)38-24-14-13-22(16-25(24)39-29(35)19(6)12-10-2)23(26(31)27(32)33)15-20(7)37-30(36)21(8)17(3)4/h13-14,16-21,23,26H,9-12,15,31H2,1-8H3,(H,32,33)/t18?,19?,20?,21?,23?,26-/m0/s1. The van der Waals surface area contributed by atoms with Crippen molar-refractivity contribution in [2.75, 3.05) is 0 Å². The zero-order chi connectivity index (χ0) is 29.9. The van der Waals surface area contributed by atoms with Gasteiger partial charge in [0.1, 0.15) is 6.04 Å². The average Bonchev–Trinajstić information content (AvgIpc) is 2.87. The lowest BCUT2D eigenvalue weighted by atomic mass is 9.86. The number of esters is 3. The Morgan fingerprint density at radius 2 is 1.33 bits per heavy atom. The lowest BCUT2D eigenvalue weighted by Crippen LogP contribution is -2.38. The normalized spacial score (nSPS) is 15.9. The van der Waals surface area contributed by atoms with E-state index in [1.54, 1.807) is 33.8 Å². The van der Waals surface area contributed by atoms with Gasteiger partial charge in [0.25, 0.3) is 0 Å². The Morgan fingerprint density at radius 1 is 0.821 bits per heavy atom. The summed E-state index contributed by atoms with van der Waals surface area (Å²) in [5.74, 6) is -4.22. The first-order valence-corrected chi connectivity index (χ1v) is 14.0. The highest BCUT2D eigenvalue weighted by Crippen LogP contribution is 2.36. The number of nitrogens with two attached hydrogens (primary N) is 1. The highest BCUT2D eigenvalue weighted by atomic mass is 16.6. The number of carbonyl (C=O) groups excluding carboxylic acids is 3. The first-order valence-electron chi connectivity index (χ1n) is 14.0. The van der Waals surface area contributed by atoms with Gasteiger partial charge in [-0.1, -0.05) is 67.4 Å². The number of carbonyl (C=O) groups is 4. The monoisotopic (exact) mass is 549 g/mol. The number of benzene rings is 1. The minimum absolute atomic E-state index is 0.0122. The minimum atomic E-state index is -1.32. The van der Waals surface area contributed by atoms with Gasteiger partial charge < -0.3 is 25.1 Å². The number of carboxylic acids is 1. The second-order valence-corrected chi connectivity index (χ2v) is 10.9. The molecule has 39 heavy (non-hydrogen) atoms. The van der Waals surface area contributed by atoms with Crippen molar-refractivity contribution in [3.05, 3.63) is 23.8 Å². The molecule has 0 aliphatic heterocycles. The number of rotatable bonds is 16. The Bertz CT molecular complexity index is 976. The van der Waals surface area contributed by atoms with Gasteiger partial charge in [0, 0.05) is 5.92 Å². The lowest BCUT2D eigenvalue weighted by molar-refractivity contribution is -0.154. The topological polar surface area (TPSA) is 142 Å². The second-order valence-electron chi connectivity index (χ2n) is 10.9. The van der Waals surface area contributed by atoms with Crippen molar-refractivity contribution in [3.63, 3.8) is 0 Å². The molecular weight excluding hydrogens is 502 g/mol. The molecule has 0 heterocycles. The van der Waals surface area contributed by atoms with Crippen LogP contribution in [0.2, 0.25) is 0 Å². The predicted octanol–water partition coefficient (Wildman–Crippen LogP) is 5.48. The van der Waals surface area contributed by atoms with Gasteiger partial charge in [-0.25, -0.2) is 0 Å². The molecule has 9 heteroatoms. The molecule has 5 unspecified atom stereocenters. The van der Waals surface area contributed by atoms with Crippen molar-refractivity contribution in [2.45, 2.75) is 106 Å². The summed E-state index contributed by atoms with van der Waals surface area (Å²) in [6, 6.07) is 3.24. The van der Waals surface area contributed by atoms with Gasteiger partial charge >= 0.3 is 23.9 Å². The van der Waals surface area contributed by atoms with Crippen molar-refractivity contribution in [3.8, 4) is 11.5 Å². The van der Waals surface area contributed by atoms with E-state index in [1.807, 2.05) is 27.7 Å². The van der Waals surface area contributed by atoms with Crippen LogP contribution < -0.4 is 15.2 Å². The van der Waals surface area contributed by atoms with Gasteiger partial charge in [0.2, 0.25) is 0 Å². The number of ether oxygens (including phenoxy) is 3. The Labute approximate surface area is 232 Å². The maximum absolute atomic E-state index is 12.8. The molecule has 0 aliphatic rings. The van der Waals surface area contributed by atoms with Gasteiger partial charge in [-0.3, -0.25) is 19.2 Å². The van der Waals surface area contributed by atoms with Gasteiger partial charge in [0.05, 0.1) is 23.9 Å². The maximum Gasteiger partial charge on any atom is 0.321 e. The molecule has 1 aromatic rings. The van der Waals surface area contributed by atoms with Crippen molar-refractivity contribution in [1.29, 1.82) is 0 Å². The van der Waals surface area contributed by atoms with E-state index in [1.165, 1.54) is 12.1 Å². The summed E-state index contributed by atoms with van der Waals surface area (Å²) in [5.41, 5.74) is 6.53. The fourth-order valence-electron chi connectivity index (χ4n) is 4.08. The van der Waals surface area contributed by atoms with Crippen LogP contribution in [0.15, 0.2) is 18.2 Å². The molecule has 3 N–H and O–H groups in total. The smallest absolute Gasteiger partial charge is 0.321 e. The van der Waals surface area contributed by atoms with Crippen molar-refractivity contribution < 1.29 is 38.5 Å². The van der Waals surface area contributed by atoms with E-state index in [4.69, 9.17) is 19.9 Å². The van der Waals surface area contributed by atoms with Crippen LogP contribution in [0.4, 0.5) is 0 Å². The molecule has 0 aliphatic carbocycles. The lowest BCUT2D eigenvalue weighted by Gasteiger charge is -2.26. The first kappa shape index (κ1) is 34.1. The molecule has 1 aromatic carbocycles. The summed E-state index contributed by atoms with van der Waals surface area (Å²) in [6.45, 7) is 14.7. The molecule has 9 nitrogen and oxygen atoms in total. The molecular formula is C30H47NO8.